The van der Waals surface area contributed by atoms with Crippen molar-refractivity contribution in [3.05, 3.63) is 35.9 Å². The summed E-state index contributed by atoms with van der Waals surface area (Å²) in [5.41, 5.74) is 0.995. The summed E-state index contributed by atoms with van der Waals surface area (Å²) in [7, 11) is 3.08. The van der Waals surface area contributed by atoms with Gasteiger partial charge in [-0.25, -0.2) is 0 Å². The van der Waals surface area contributed by atoms with Crippen LogP contribution in [0.1, 0.15) is 12.0 Å². The molecule has 1 saturated heterocycles. The van der Waals surface area contributed by atoms with Crippen molar-refractivity contribution in [2.45, 2.75) is 37.4 Å². The lowest BCUT2D eigenvalue weighted by Gasteiger charge is -2.21. The first-order chi connectivity index (χ1) is 12.4. The van der Waals surface area contributed by atoms with E-state index in [1.807, 2.05) is 30.3 Å². The highest BCUT2D eigenvalue weighted by atomic mass is 16.5. The minimum absolute atomic E-state index is 0.0327. The number of carbonyl (C=O) groups excluding carboxylic acids is 2. The van der Waals surface area contributed by atoms with E-state index in [4.69, 9.17) is 9.47 Å². The summed E-state index contributed by atoms with van der Waals surface area (Å²) in [5, 5.41) is 22.8. The number of nitrogens with one attached hydrogen (secondary N) is 1. The molecular weight excluding hydrogens is 340 g/mol. The van der Waals surface area contributed by atoms with E-state index < -0.39 is 24.4 Å². The van der Waals surface area contributed by atoms with Crippen LogP contribution in [0.3, 0.4) is 0 Å². The van der Waals surface area contributed by atoms with Gasteiger partial charge in [0, 0.05) is 27.2 Å². The molecule has 0 aromatic heterocycles. The number of benzene rings is 1. The van der Waals surface area contributed by atoms with Crippen LogP contribution in [0.5, 0.6) is 0 Å². The van der Waals surface area contributed by atoms with Crippen LogP contribution in [0.15, 0.2) is 30.3 Å². The summed E-state index contributed by atoms with van der Waals surface area (Å²) < 4.78 is 10.3. The lowest BCUT2D eigenvalue weighted by atomic mass is 10.0. The molecule has 0 saturated carbocycles. The van der Waals surface area contributed by atoms with Gasteiger partial charge < -0.3 is 29.9 Å². The maximum atomic E-state index is 12.4. The molecule has 0 spiro atoms. The maximum absolute atomic E-state index is 12.4. The van der Waals surface area contributed by atoms with E-state index in [-0.39, 0.29) is 31.4 Å². The minimum Gasteiger partial charge on any atom is -0.388 e. The van der Waals surface area contributed by atoms with Gasteiger partial charge in [0.1, 0.15) is 24.9 Å². The molecule has 2 rings (SSSR count). The molecule has 0 radical (unpaired) electrons. The number of aliphatic hydroxyl groups excluding tert-OH is 2. The van der Waals surface area contributed by atoms with Gasteiger partial charge in [0.05, 0.1) is 12.5 Å². The number of ether oxygens (including phenoxy) is 2. The fourth-order valence-corrected chi connectivity index (χ4v) is 2.83. The quantitative estimate of drug-likeness (QED) is 0.561. The summed E-state index contributed by atoms with van der Waals surface area (Å²) in [5.74, 6) is -0.547. The number of hydrogen-bond donors (Lipinski definition) is 3. The molecule has 1 aromatic rings. The summed E-state index contributed by atoms with van der Waals surface area (Å²) in [6.45, 7) is 0.379. The monoisotopic (exact) mass is 366 g/mol. The van der Waals surface area contributed by atoms with Crippen LogP contribution < -0.4 is 5.32 Å². The molecule has 8 nitrogen and oxygen atoms in total. The van der Waals surface area contributed by atoms with E-state index in [1.165, 1.54) is 7.11 Å². The van der Waals surface area contributed by atoms with Crippen LogP contribution in [-0.2, 0) is 25.6 Å². The zero-order valence-corrected chi connectivity index (χ0v) is 15.0. The number of aliphatic hydroxyl groups is 2. The Hall–Kier alpha value is -2.00. The van der Waals surface area contributed by atoms with Gasteiger partial charge >= 0.3 is 0 Å². The lowest BCUT2D eigenvalue weighted by molar-refractivity contribution is -0.135. The number of carbonyl (C=O) groups is 2. The third-order valence-corrected chi connectivity index (χ3v) is 4.30. The second-order valence-electron chi connectivity index (χ2n) is 6.37. The van der Waals surface area contributed by atoms with Crippen molar-refractivity contribution >= 4 is 11.8 Å². The van der Waals surface area contributed by atoms with Crippen molar-refractivity contribution in [3.8, 4) is 0 Å². The normalized spacial score (nSPS) is 25.1. The van der Waals surface area contributed by atoms with Gasteiger partial charge in [-0.3, -0.25) is 9.59 Å². The van der Waals surface area contributed by atoms with E-state index in [2.05, 4.69) is 5.32 Å². The van der Waals surface area contributed by atoms with Crippen LogP contribution in [0, 0.1) is 0 Å². The Balaban J connectivity index is 1.84. The van der Waals surface area contributed by atoms with Gasteiger partial charge in [0.15, 0.2) is 0 Å². The summed E-state index contributed by atoms with van der Waals surface area (Å²) in [6.07, 6.45) is -4.00. The minimum atomic E-state index is -1.19. The predicted octanol–water partition coefficient (Wildman–Crippen LogP) is -0.713. The zero-order valence-electron chi connectivity index (χ0n) is 15.0. The Bertz CT molecular complexity index is 597. The fraction of sp³-hybridized carbons (Fsp3) is 0.556. The average molecular weight is 366 g/mol. The molecular formula is C18H26N2O6. The van der Waals surface area contributed by atoms with Crippen LogP contribution in [0.2, 0.25) is 0 Å². The standard InChI is InChI=1S/C18H26N2O6/c1-20(10-12-6-4-3-5-7-12)16(22)8-13-17(23)18(24)14(26-13)9-19-15(21)11-25-2/h3-7,13-14,17-18,23-24H,8-11H2,1-2H3,(H,19,21)/t13-,14-,17+,18-/m1/s1. The molecule has 2 amide bonds. The smallest absolute Gasteiger partial charge is 0.246 e. The first-order valence-electron chi connectivity index (χ1n) is 8.47. The SMILES string of the molecule is COCC(=O)NC[C@H]1O[C@H](CC(=O)N(C)Cc2ccccc2)[C@H](O)[C@@H]1O. The number of hydrogen-bond acceptors (Lipinski definition) is 6. The van der Waals surface area contributed by atoms with Gasteiger partial charge in [-0.2, -0.15) is 0 Å². The predicted molar refractivity (Wildman–Crippen MR) is 93.1 cm³/mol. The lowest BCUT2D eigenvalue weighted by Crippen LogP contribution is -2.41. The fourth-order valence-electron chi connectivity index (χ4n) is 2.83. The highest BCUT2D eigenvalue weighted by Gasteiger charge is 2.43. The van der Waals surface area contributed by atoms with E-state index >= 15 is 0 Å². The average Bonchev–Trinajstić information content (AvgIpc) is 2.89. The van der Waals surface area contributed by atoms with Gasteiger partial charge in [0.2, 0.25) is 11.8 Å². The Morgan fingerprint density at radius 2 is 1.85 bits per heavy atom. The molecule has 26 heavy (non-hydrogen) atoms. The molecule has 1 aromatic carbocycles. The third-order valence-electron chi connectivity index (χ3n) is 4.30. The third kappa shape index (κ3) is 5.50. The van der Waals surface area contributed by atoms with Crippen LogP contribution in [0.25, 0.3) is 0 Å². The van der Waals surface area contributed by atoms with Crippen LogP contribution >= 0.6 is 0 Å². The number of nitrogens with zero attached hydrogens (tertiary/aromatic N) is 1. The van der Waals surface area contributed by atoms with E-state index in [0.717, 1.165) is 5.56 Å². The molecule has 0 bridgehead atoms. The zero-order chi connectivity index (χ0) is 19.1. The molecule has 1 aliphatic heterocycles. The van der Waals surface area contributed by atoms with E-state index in [9.17, 15) is 19.8 Å². The molecule has 4 atom stereocenters. The van der Waals surface area contributed by atoms with Crippen molar-refractivity contribution in [1.29, 1.82) is 0 Å². The maximum Gasteiger partial charge on any atom is 0.246 e. The summed E-state index contributed by atoms with van der Waals surface area (Å²) in [6, 6.07) is 9.55. The summed E-state index contributed by atoms with van der Waals surface area (Å²) in [4.78, 5) is 25.3. The van der Waals surface area contributed by atoms with Crippen molar-refractivity contribution < 1.29 is 29.3 Å². The topological polar surface area (TPSA) is 108 Å². The molecule has 1 fully saturated rings. The molecule has 1 aliphatic rings. The van der Waals surface area contributed by atoms with Crippen molar-refractivity contribution in [1.82, 2.24) is 10.2 Å². The first-order valence-corrected chi connectivity index (χ1v) is 8.47. The Morgan fingerprint density at radius 3 is 2.50 bits per heavy atom. The summed E-state index contributed by atoms with van der Waals surface area (Å²) >= 11 is 0. The van der Waals surface area contributed by atoms with Gasteiger partial charge in [-0.1, -0.05) is 30.3 Å². The molecule has 3 N–H and O–H groups in total. The van der Waals surface area contributed by atoms with Crippen molar-refractivity contribution in [2.24, 2.45) is 0 Å². The second-order valence-corrected chi connectivity index (χ2v) is 6.37. The Kier molecular flexibility index (Phi) is 7.52. The van der Waals surface area contributed by atoms with Crippen LogP contribution in [-0.4, -0.2) is 78.7 Å². The van der Waals surface area contributed by atoms with E-state index in [1.54, 1.807) is 11.9 Å². The Morgan fingerprint density at radius 1 is 1.19 bits per heavy atom. The Labute approximate surface area is 152 Å². The van der Waals surface area contributed by atoms with Crippen molar-refractivity contribution in [2.75, 3.05) is 27.3 Å². The number of amides is 2. The number of methoxy groups -OCH3 is 1. The van der Waals surface area contributed by atoms with Gasteiger partial charge in [-0.15, -0.1) is 0 Å². The van der Waals surface area contributed by atoms with Crippen molar-refractivity contribution in [3.63, 3.8) is 0 Å². The van der Waals surface area contributed by atoms with Gasteiger partial charge in [0.25, 0.3) is 0 Å². The van der Waals surface area contributed by atoms with Gasteiger partial charge in [-0.05, 0) is 5.56 Å². The molecule has 8 heteroatoms. The second kappa shape index (κ2) is 9.63. The largest absolute Gasteiger partial charge is 0.388 e. The molecule has 144 valence electrons. The van der Waals surface area contributed by atoms with Crippen LogP contribution in [0.4, 0.5) is 0 Å². The highest BCUT2D eigenvalue weighted by Crippen LogP contribution is 2.24. The molecule has 1 heterocycles. The first kappa shape index (κ1) is 20.3. The number of rotatable bonds is 8. The van der Waals surface area contributed by atoms with E-state index in [0.29, 0.717) is 6.54 Å². The molecule has 0 unspecified atom stereocenters. The highest BCUT2D eigenvalue weighted by molar-refractivity contribution is 5.77. The molecule has 0 aliphatic carbocycles.